The van der Waals surface area contributed by atoms with E-state index >= 15 is 0 Å². The van der Waals surface area contributed by atoms with Crippen LogP contribution in [0.4, 0.5) is 4.39 Å². The summed E-state index contributed by atoms with van der Waals surface area (Å²) >= 11 is 0. The van der Waals surface area contributed by atoms with Gasteiger partial charge in [-0.2, -0.15) is 0 Å². The van der Waals surface area contributed by atoms with Gasteiger partial charge in [0, 0.05) is 42.0 Å². The lowest BCUT2D eigenvalue weighted by Crippen LogP contribution is -2.38. The molecule has 1 saturated heterocycles. The van der Waals surface area contributed by atoms with Gasteiger partial charge in [-0.05, 0) is 25.0 Å². The van der Waals surface area contributed by atoms with Gasteiger partial charge < -0.3 is 0 Å². The number of benzene rings is 1. The Hall–Kier alpha value is -1.79. The quantitative estimate of drug-likeness (QED) is 0.867. The topological polar surface area (TPSA) is 50.3 Å². The number of aromatic nitrogens is 1. The SMILES string of the molecule is CS(=O)(=O)N1CCC[C@@H](c2ccc(-c3ccccc3F)cn2)C1. The van der Waals surface area contributed by atoms with Crippen LogP contribution in [0.2, 0.25) is 0 Å². The van der Waals surface area contributed by atoms with Crippen molar-refractivity contribution in [3.05, 3.63) is 54.1 Å². The second kappa shape index (κ2) is 6.37. The zero-order chi connectivity index (χ0) is 16.4. The van der Waals surface area contributed by atoms with Crippen molar-refractivity contribution in [3.8, 4) is 11.1 Å². The lowest BCUT2D eigenvalue weighted by Gasteiger charge is -2.30. The molecule has 23 heavy (non-hydrogen) atoms. The summed E-state index contributed by atoms with van der Waals surface area (Å²) in [5, 5.41) is 0. The van der Waals surface area contributed by atoms with Gasteiger partial charge in [-0.3, -0.25) is 4.98 Å². The Labute approximate surface area is 136 Å². The molecule has 1 aromatic carbocycles. The van der Waals surface area contributed by atoms with Crippen LogP contribution in [0.3, 0.4) is 0 Å². The van der Waals surface area contributed by atoms with Crippen LogP contribution in [0.25, 0.3) is 11.1 Å². The van der Waals surface area contributed by atoms with Gasteiger partial charge in [0.1, 0.15) is 5.82 Å². The van der Waals surface area contributed by atoms with E-state index in [0.29, 0.717) is 18.7 Å². The number of sulfonamides is 1. The Kier molecular flexibility index (Phi) is 4.46. The van der Waals surface area contributed by atoms with E-state index in [1.807, 2.05) is 12.1 Å². The van der Waals surface area contributed by atoms with Crippen LogP contribution in [-0.2, 0) is 10.0 Å². The number of halogens is 1. The van der Waals surface area contributed by atoms with Crippen molar-refractivity contribution in [1.82, 2.24) is 9.29 Å². The molecule has 4 nitrogen and oxygen atoms in total. The minimum absolute atomic E-state index is 0.0909. The van der Waals surface area contributed by atoms with Gasteiger partial charge in [-0.15, -0.1) is 0 Å². The molecule has 0 amide bonds. The molecule has 2 aromatic rings. The second-order valence-corrected chi connectivity index (χ2v) is 7.89. The third kappa shape index (κ3) is 3.59. The fraction of sp³-hybridized carbons (Fsp3) is 0.353. The minimum Gasteiger partial charge on any atom is -0.260 e. The van der Waals surface area contributed by atoms with Gasteiger partial charge in [0.05, 0.1) is 6.26 Å². The van der Waals surface area contributed by atoms with Gasteiger partial charge in [0.15, 0.2) is 0 Å². The zero-order valence-electron chi connectivity index (χ0n) is 12.9. The first-order valence-electron chi connectivity index (χ1n) is 7.61. The number of hydrogen-bond donors (Lipinski definition) is 0. The summed E-state index contributed by atoms with van der Waals surface area (Å²) in [7, 11) is -3.17. The maximum Gasteiger partial charge on any atom is 0.211 e. The summed E-state index contributed by atoms with van der Waals surface area (Å²) in [6, 6.07) is 10.3. The minimum atomic E-state index is -3.17. The van der Waals surface area contributed by atoms with Gasteiger partial charge >= 0.3 is 0 Å². The van der Waals surface area contributed by atoms with Crippen molar-refractivity contribution in [2.24, 2.45) is 0 Å². The molecular weight excluding hydrogens is 315 g/mol. The molecule has 0 saturated carbocycles. The molecule has 1 atom stereocenters. The summed E-state index contributed by atoms with van der Waals surface area (Å²) < 4.78 is 38.7. The van der Waals surface area contributed by atoms with Crippen LogP contribution < -0.4 is 0 Å². The van der Waals surface area contributed by atoms with E-state index in [-0.39, 0.29) is 11.7 Å². The highest BCUT2D eigenvalue weighted by Crippen LogP contribution is 2.28. The van der Waals surface area contributed by atoms with E-state index in [4.69, 9.17) is 0 Å². The van der Waals surface area contributed by atoms with E-state index < -0.39 is 10.0 Å². The summed E-state index contributed by atoms with van der Waals surface area (Å²) in [5.41, 5.74) is 2.11. The molecule has 0 unspecified atom stereocenters. The lowest BCUT2D eigenvalue weighted by molar-refractivity contribution is 0.314. The molecule has 0 spiro atoms. The Morgan fingerprint density at radius 2 is 2.00 bits per heavy atom. The first kappa shape index (κ1) is 16.1. The molecule has 6 heteroatoms. The third-order valence-electron chi connectivity index (χ3n) is 4.24. The fourth-order valence-electron chi connectivity index (χ4n) is 2.99. The molecule has 1 aromatic heterocycles. The number of pyridine rings is 1. The van der Waals surface area contributed by atoms with Crippen molar-refractivity contribution >= 4 is 10.0 Å². The average Bonchev–Trinajstić information content (AvgIpc) is 2.55. The molecule has 2 heterocycles. The van der Waals surface area contributed by atoms with E-state index in [0.717, 1.165) is 24.1 Å². The van der Waals surface area contributed by atoms with E-state index in [2.05, 4.69) is 4.98 Å². The number of rotatable bonds is 3. The molecule has 0 N–H and O–H groups in total. The van der Waals surface area contributed by atoms with Crippen molar-refractivity contribution in [2.45, 2.75) is 18.8 Å². The Bertz CT molecular complexity index is 790. The molecule has 1 aliphatic rings. The van der Waals surface area contributed by atoms with Crippen LogP contribution in [0.1, 0.15) is 24.5 Å². The van der Waals surface area contributed by atoms with Gasteiger partial charge in [-0.1, -0.05) is 24.3 Å². The maximum absolute atomic E-state index is 13.8. The normalized spacial score (nSPS) is 19.7. The molecule has 3 rings (SSSR count). The zero-order valence-corrected chi connectivity index (χ0v) is 13.8. The largest absolute Gasteiger partial charge is 0.260 e. The Morgan fingerprint density at radius 3 is 2.65 bits per heavy atom. The van der Waals surface area contributed by atoms with Crippen molar-refractivity contribution in [3.63, 3.8) is 0 Å². The molecular formula is C17H19FN2O2S. The summed E-state index contributed by atoms with van der Waals surface area (Å²) in [4.78, 5) is 4.45. The smallest absolute Gasteiger partial charge is 0.211 e. The van der Waals surface area contributed by atoms with Crippen molar-refractivity contribution < 1.29 is 12.8 Å². The molecule has 0 radical (unpaired) electrons. The molecule has 0 aliphatic carbocycles. The van der Waals surface area contributed by atoms with Gasteiger partial charge in [0.25, 0.3) is 0 Å². The fourth-order valence-corrected chi connectivity index (χ4v) is 3.90. The number of hydrogen-bond acceptors (Lipinski definition) is 3. The molecule has 1 fully saturated rings. The molecule has 1 aliphatic heterocycles. The van der Waals surface area contributed by atoms with E-state index in [1.165, 1.54) is 16.6 Å². The van der Waals surface area contributed by atoms with Crippen molar-refractivity contribution in [2.75, 3.05) is 19.3 Å². The number of piperidine rings is 1. The maximum atomic E-state index is 13.8. The van der Waals surface area contributed by atoms with Gasteiger partial charge in [-0.25, -0.2) is 17.1 Å². The van der Waals surface area contributed by atoms with Crippen LogP contribution in [0.5, 0.6) is 0 Å². The highest BCUT2D eigenvalue weighted by atomic mass is 32.2. The standard InChI is InChI=1S/C17H19FN2O2S/c1-23(21,22)20-10-4-5-14(12-20)17-9-8-13(11-19-17)15-6-2-3-7-16(15)18/h2-3,6-9,11,14H,4-5,10,12H2,1H3/t14-/m1/s1. The Morgan fingerprint density at radius 1 is 1.22 bits per heavy atom. The van der Waals surface area contributed by atoms with Gasteiger partial charge in [0.2, 0.25) is 10.0 Å². The summed E-state index contributed by atoms with van der Waals surface area (Å²) in [6.07, 6.45) is 4.64. The van der Waals surface area contributed by atoms with E-state index in [9.17, 15) is 12.8 Å². The number of nitrogens with zero attached hydrogens (tertiary/aromatic N) is 2. The molecule has 122 valence electrons. The van der Waals surface area contributed by atoms with Crippen LogP contribution in [0, 0.1) is 5.82 Å². The summed E-state index contributed by atoms with van der Waals surface area (Å²) in [5.74, 6) is -0.184. The lowest BCUT2D eigenvalue weighted by atomic mass is 9.95. The predicted octanol–water partition coefficient (Wildman–Crippen LogP) is 3.03. The predicted molar refractivity (Wildman–Crippen MR) is 88.0 cm³/mol. The molecule has 0 bridgehead atoms. The monoisotopic (exact) mass is 334 g/mol. The second-order valence-electron chi connectivity index (χ2n) is 5.91. The summed E-state index contributed by atoms with van der Waals surface area (Å²) in [6.45, 7) is 1.04. The van der Waals surface area contributed by atoms with Crippen LogP contribution >= 0.6 is 0 Å². The first-order chi connectivity index (χ1) is 10.9. The Balaban J connectivity index is 1.81. The first-order valence-corrected chi connectivity index (χ1v) is 9.46. The highest BCUT2D eigenvalue weighted by Gasteiger charge is 2.27. The van der Waals surface area contributed by atoms with E-state index in [1.54, 1.807) is 24.4 Å². The highest BCUT2D eigenvalue weighted by molar-refractivity contribution is 7.88. The van der Waals surface area contributed by atoms with Crippen LogP contribution in [-0.4, -0.2) is 37.1 Å². The van der Waals surface area contributed by atoms with Crippen molar-refractivity contribution in [1.29, 1.82) is 0 Å². The average molecular weight is 334 g/mol. The third-order valence-corrected chi connectivity index (χ3v) is 5.51. The van der Waals surface area contributed by atoms with Crippen LogP contribution in [0.15, 0.2) is 42.6 Å².